The normalized spacial score (nSPS) is 14.5. The topological polar surface area (TPSA) is 63.1 Å². The molecule has 7 nitrogen and oxygen atoms in total. The number of anilines is 1. The molecule has 0 spiro atoms. The Balaban J connectivity index is 1.61. The van der Waals surface area contributed by atoms with E-state index in [2.05, 4.69) is 49.0 Å². The van der Waals surface area contributed by atoms with Crippen molar-refractivity contribution < 1.29 is 13.7 Å². The van der Waals surface area contributed by atoms with Gasteiger partial charge in [0.05, 0.1) is 25.4 Å². The maximum Gasteiger partial charge on any atom is 0.225 e. The van der Waals surface area contributed by atoms with Crippen LogP contribution in [0.5, 0.6) is 0 Å². The molecular weight excluding hydrogens is 437 g/mol. The van der Waals surface area contributed by atoms with Crippen LogP contribution in [0.15, 0.2) is 35.7 Å². The highest BCUT2D eigenvalue weighted by Gasteiger charge is 2.37. The molecule has 2 aromatic rings. The summed E-state index contributed by atoms with van der Waals surface area (Å²) in [5, 5.41) is 4.22. The van der Waals surface area contributed by atoms with Gasteiger partial charge in [-0.1, -0.05) is 44.1 Å². The van der Waals surface area contributed by atoms with Crippen molar-refractivity contribution in [2.45, 2.75) is 45.5 Å². The van der Waals surface area contributed by atoms with Crippen LogP contribution in [0.25, 0.3) is 11.1 Å². The van der Waals surface area contributed by atoms with Crippen molar-refractivity contribution in [3.05, 3.63) is 42.0 Å². The molecule has 9 heteroatoms. The number of halogens is 1. The Morgan fingerprint density at radius 2 is 1.82 bits per heavy atom. The van der Waals surface area contributed by atoms with Crippen LogP contribution in [-0.4, -0.2) is 69.2 Å². The van der Waals surface area contributed by atoms with E-state index in [1.54, 1.807) is 24.5 Å². The summed E-state index contributed by atoms with van der Waals surface area (Å²) in [6.45, 7) is 13.8. The minimum absolute atomic E-state index is 0.0739. The van der Waals surface area contributed by atoms with Crippen molar-refractivity contribution in [1.82, 2.24) is 14.9 Å². The van der Waals surface area contributed by atoms with Crippen LogP contribution < -0.4 is 4.90 Å². The third-order valence-electron chi connectivity index (χ3n) is 6.28. The first-order valence-corrected chi connectivity index (χ1v) is 14.2. The molecule has 1 aromatic heterocycles. The molecule has 1 aliphatic heterocycles. The molecule has 0 saturated carbocycles. The van der Waals surface area contributed by atoms with E-state index in [4.69, 9.17) is 9.26 Å². The Kier molecular flexibility index (Phi) is 7.87. The quantitative estimate of drug-likeness (QED) is 0.302. The average Bonchev–Trinajstić information content (AvgIpc) is 2.71. The van der Waals surface area contributed by atoms with E-state index in [0.29, 0.717) is 42.3 Å². The molecule has 0 radical (unpaired) electrons. The van der Waals surface area contributed by atoms with Crippen LogP contribution in [-0.2, 0) is 15.9 Å². The van der Waals surface area contributed by atoms with Gasteiger partial charge in [0.25, 0.3) is 0 Å². The minimum atomic E-state index is -1.96. The van der Waals surface area contributed by atoms with Gasteiger partial charge in [0.1, 0.15) is 12.4 Å². The van der Waals surface area contributed by atoms with Crippen molar-refractivity contribution in [3.8, 4) is 11.1 Å². The van der Waals surface area contributed by atoms with Crippen molar-refractivity contribution in [2.75, 3.05) is 45.2 Å². The number of nitrogens with zero attached hydrogens (tertiary/aromatic N) is 5. The second kappa shape index (κ2) is 10.3. The molecule has 0 unspecified atom stereocenters. The fraction of sp³-hybridized carbons (Fsp3) is 0.542. The molecule has 0 N–H and O–H groups in total. The van der Waals surface area contributed by atoms with Crippen molar-refractivity contribution in [3.63, 3.8) is 0 Å². The second-order valence-electron chi connectivity index (χ2n) is 10.2. The number of likely N-dealkylation sites (N-methyl/N-ethyl adjacent to an activating group) is 1. The highest BCUT2D eigenvalue weighted by molar-refractivity contribution is 6.74. The molecule has 0 amide bonds. The Morgan fingerprint density at radius 1 is 1.15 bits per heavy atom. The van der Waals surface area contributed by atoms with Crippen molar-refractivity contribution >= 4 is 20.0 Å². The Labute approximate surface area is 197 Å². The van der Waals surface area contributed by atoms with E-state index in [1.807, 2.05) is 30.0 Å². The van der Waals surface area contributed by atoms with Crippen LogP contribution in [0, 0.1) is 5.82 Å². The van der Waals surface area contributed by atoms with E-state index < -0.39 is 8.32 Å². The predicted molar refractivity (Wildman–Crippen MR) is 134 cm³/mol. The Bertz CT molecular complexity index is 966. The molecule has 0 aliphatic carbocycles. The molecule has 33 heavy (non-hydrogen) atoms. The van der Waals surface area contributed by atoms with Crippen LogP contribution in [0.2, 0.25) is 18.1 Å². The fourth-order valence-corrected chi connectivity index (χ4v) is 3.92. The van der Waals surface area contributed by atoms with Gasteiger partial charge in [0.15, 0.2) is 8.32 Å². The number of aromatic nitrogens is 2. The largest absolute Gasteiger partial charge is 0.412 e. The van der Waals surface area contributed by atoms with Gasteiger partial charge in [-0.05, 0) is 32.2 Å². The summed E-state index contributed by atoms with van der Waals surface area (Å²) in [5.41, 5.74) is 2.64. The number of benzene rings is 1. The summed E-state index contributed by atoms with van der Waals surface area (Å²) in [6, 6.07) is 5.39. The summed E-state index contributed by atoms with van der Waals surface area (Å²) < 4.78 is 21.5. The van der Waals surface area contributed by atoms with E-state index >= 15 is 4.39 Å². The standard InChI is InChI=1S/C24H36FN5O2Si/c1-24(2,3)33(6,7)32-17-18-9-8-10-21(22(18)25)19-13-26-23(27-14-19)30-15-20(16-30)28-31-12-11-29(4)5/h8-10,13-14H,11-12,15-17H2,1-7H3. The zero-order valence-electron chi connectivity index (χ0n) is 20.9. The number of hydrogen-bond acceptors (Lipinski definition) is 7. The smallest absolute Gasteiger partial charge is 0.225 e. The molecule has 1 aromatic carbocycles. The first kappa shape index (κ1) is 25.3. The first-order chi connectivity index (χ1) is 15.5. The third kappa shape index (κ3) is 6.36. The number of hydrogen-bond donors (Lipinski definition) is 0. The molecule has 0 bridgehead atoms. The lowest BCUT2D eigenvalue weighted by molar-refractivity contribution is 0.124. The number of oxime groups is 1. The lowest BCUT2D eigenvalue weighted by atomic mass is 10.1. The first-order valence-electron chi connectivity index (χ1n) is 11.3. The molecule has 180 valence electrons. The van der Waals surface area contributed by atoms with Crippen LogP contribution in [0.1, 0.15) is 26.3 Å². The zero-order valence-corrected chi connectivity index (χ0v) is 21.9. The summed E-state index contributed by atoms with van der Waals surface area (Å²) in [4.78, 5) is 18.2. The molecule has 1 saturated heterocycles. The van der Waals surface area contributed by atoms with Gasteiger partial charge in [0, 0.05) is 35.6 Å². The van der Waals surface area contributed by atoms with Gasteiger partial charge < -0.3 is 19.1 Å². The average molecular weight is 474 g/mol. The minimum Gasteiger partial charge on any atom is -0.412 e. The van der Waals surface area contributed by atoms with E-state index in [1.165, 1.54) is 0 Å². The summed E-state index contributed by atoms with van der Waals surface area (Å²) in [5.74, 6) is 0.324. The van der Waals surface area contributed by atoms with Gasteiger partial charge in [-0.3, -0.25) is 0 Å². The van der Waals surface area contributed by atoms with Gasteiger partial charge in [-0.2, -0.15) is 0 Å². The van der Waals surface area contributed by atoms with E-state index in [-0.39, 0.29) is 17.5 Å². The Morgan fingerprint density at radius 3 is 2.42 bits per heavy atom. The SMILES string of the molecule is CN(C)CCON=C1CN(c2ncc(-c3cccc(CO[Si](C)(C)C(C)(C)C)c3F)cn2)C1. The van der Waals surface area contributed by atoms with Gasteiger partial charge in [-0.25, -0.2) is 14.4 Å². The molecule has 1 aliphatic rings. The van der Waals surface area contributed by atoms with Gasteiger partial charge in [0.2, 0.25) is 5.95 Å². The van der Waals surface area contributed by atoms with Gasteiger partial charge >= 0.3 is 0 Å². The monoisotopic (exact) mass is 473 g/mol. The summed E-state index contributed by atoms with van der Waals surface area (Å²) in [6.07, 6.45) is 3.34. The lowest BCUT2D eigenvalue weighted by Gasteiger charge is -2.36. The van der Waals surface area contributed by atoms with Crippen molar-refractivity contribution in [1.29, 1.82) is 0 Å². The van der Waals surface area contributed by atoms with Crippen LogP contribution >= 0.6 is 0 Å². The van der Waals surface area contributed by atoms with Crippen LogP contribution in [0.3, 0.4) is 0 Å². The molecule has 2 heterocycles. The molecule has 3 rings (SSSR count). The van der Waals surface area contributed by atoms with Crippen molar-refractivity contribution in [2.24, 2.45) is 5.16 Å². The third-order valence-corrected chi connectivity index (χ3v) is 10.8. The lowest BCUT2D eigenvalue weighted by Crippen LogP contribution is -2.48. The predicted octanol–water partition coefficient (Wildman–Crippen LogP) is 4.56. The second-order valence-corrected chi connectivity index (χ2v) is 15.1. The Hall–Kier alpha value is -2.36. The highest BCUT2D eigenvalue weighted by atomic mass is 28.4. The van der Waals surface area contributed by atoms with E-state index in [0.717, 1.165) is 12.3 Å². The van der Waals surface area contributed by atoms with E-state index in [9.17, 15) is 0 Å². The van der Waals surface area contributed by atoms with Gasteiger partial charge in [-0.15, -0.1) is 0 Å². The fourth-order valence-electron chi connectivity index (χ4n) is 2.97. The zero-order chi connectivity index (χ0) is 24.2. The highest BCUT2D eigenvalue weighted by Crippen LogP contribution is 2.37. The maximum atomic E-state index is 15.3. The number of rotatable bonds is 9. The molecular formula is C24H36FN5O2Si. The maximum absolute atomic E-state index is 15.3. The summed E-state index contributed by atoms with van der Waals surface area (Å²) >= 11 is 0. The molecule has 1 fully saturated rings. The molecule has 0 atom stereocenters. The van der Waals surface area contributed by atoms with Crippen LogP contribution in [0.4, 0.5) is 10.3 Å². The summed E-state index contributed by atoms with van der Waals surface area (Å²) in [7, 11) is 2.02.